The van der Waals surface area contributed by atoms with Crippen LogP contribution in [0.15, 0.2) is 28.7 Å². The van der Waals surface area contributed by atoms with Crippen molar-refractivity contribution < 1.29 is 9.69 Å². The number of amides is 1. The highest BCUT2D eigenvalue weighted by Gasteiger charge is 2.18. The van der Waals surface area contributed by atoms with Gasteiger partial charge in [-0.2, -0.15) is 0 Å². The molecule has 1 aliphatic heterocycles. The Morgan fingerprint density at radius 2 is 1.89 bits per heavy atom. The van der Waals surface area contributed by atoms with Gasteiger partial charge in [0.05, 0.1) is 19.1 Å². The fraction of sp³-hybridized carbons (Fsp3) is 0.533. The lowest BCUT2D eigenvalue weighted by atomic mass is 10.1. The number of rotatable bonds is 4. The molecule has 0 saturated carbocycles. The third-order valence-electron chi connectivity index (χ3n) is 3.72. The van der Waals surface area contributed by atoms with Gasteiger partial charge in [0.2, 0.25) is 0 Å². The largest absolute Gasteiger partial charge is 0.345 e. The summed E-state index contributed by atoms with van der Waals surface area (Å²) in [7, 11) is 0. The maximum atomic E-state index is 12.0. The van der Waals surface area contributed by atoms with Crippen molar-refractivity contribution in [2.75, 3.05) is 19.6 Å². The van der Waals surface area contributed by atoms with Crippen LogP contribution < -0.4 is 10.2 Å². The molecule has 1 fully saturated rings. The van der Waals surface area contributed by atoms with E-state index in [1.807, 2.05) is 31.2 Å². The molecule has 1 atom stereocenters. The molecule has 0 spiro atoms. The van der Waals surface area contributed by atoms with Crippen LogP contribution in [0.25, 0.3) is 0 Å². The van der Waals surface area contributed by atoms with Crippen LogP contribution in [0, 0.1) is 0 Å². The summed E-state index contributed by atoms with van der Waals surface area (Å²) in [6.45, 7) is 4.92. The van der Waals surface area contributed by atoms with E-state index >= 15 is 0 Å². The predicted molar refractivity (Wildman–Crippen MR) is 80.1 cm³/mol. The number of benzene rings is 1. The molecule has 1 heterocycles. The fourth-order valence-electron chi connectivity index (χ4n) is 2.58. The average molecular weight is 326 g/mol. The summed E-state index contributed by atoms with van der Waals surface area (Å²) in [4.78, 5) is 13.4. The summed E-state index contributed by atoms with van der Waals surface area (Å²) >= 11 is 3.42. The van der Waals surface area contributed by atoms with Gasteiger partial charge < -0.3 is 10.2 Å². The van der Waals surface area contributed by atoms with Gasteiger partial charge in [0, 0.05) is 4.47 Å². The highest BCUT2D eigenvalue weighted by Crippen LogP contribution is 2.16. The second-order valence-electron chi connectivity index (χ2n) is 5.33. The number of carbonyl (C=O) groups excluding carboxylic acids is 1. The van der Waals surface area contributed by atoms with Crippen molar-refractivity contribution in [3.05, 3.63) is 34.3 Å². The summed E-state index contributed by atoms with van der Waals surface area (Å²) in [6, 6.07) is 8.18. The molecule has 0 aliphatic carbocycles. The van der Waals surface area contributed by atoms with Gasteiger partial charge in [-0.3, -0.25) is 4.79 Å². The van der Waals surface area contributed by atoms with Crippen molar-refractivity contribution in [3.63, 3.8) is 0 Å². The van der Waals surface area contributed by atoms with Crippen molar-refractivity contribution in [3.8, 4) is 0 Å². The number of likely N-dealkylation sites (tertiary alicyclic amines) is 1. The van der Waals surface area contributed by atoms with Crippen LogP contribution in [0.1, 0.15) is 37.8 Å². The van der Waals surface area contributed by atoms with E-state index in [4.69, 9.17) is 0 Å². The van der Waals surface area contributed by atoms with Crippen LogP contribution in [0.2, 0.25) is 0 Å². The van der Waals surface area contributed by atoms with Gasteiger partial charge in [-0.05, 0) is 43.9 Å². The molecule has 19 heavy (non-hydrogen) atoms. The van der Waals surface area contributed by atoms with E-state index in [-0.39, 0.29) is 11.9 Å². The molecule has 0 radical (unpaired) electrons. The molecule has 4 heteroatoms. The zero-order valence-electron chi connectivity index (χ0n) is 11.4. The number of hydrogen-bond donors (Lipinski definition) is 2. The minimum Gasteiger partial charge on any atom is -0.345 e. The first-order chi connectivity index (χ1) is 9.15. The number of hydrogen-bond acceptors (Lipinski definition) is 1. The highest BCUT2D eigenvalue weighted by atomic mass is 79.9. The van der Waals surface area contributed by atoms with Gasteiger partial charge in [0.1, 0.15) is 0 Å². The zero-order valence-corrected chi connectivity index (χ0v) is 13.0. The van der Waals surface area contributed by atoms with E-state index in [2.05, 4.69) is 21.2 Å². The third-order valence-corrected chi connectivity index (χ3v) is 4.25. The number of quaternary nitrogens is 1. The number of halogens is 1. The van der Waals surface area contributed by atoms with E-state index in [9.17, 15) is 4.79 Å². The molecule has 0 aromatic heterocycles. The Hall–Kier alpha value is -0.870. The van der Waals surface area contributed by atoms with E-state index in [1.165, 1.54) is 24.2 Å². The lowest BCUT2D eigenvalue weighted by Crippen LogP contribution is -3.13. The first kappa shape index (κ1) is 14.5. The monoisotopic (exact) mass is 325 g/mol. The number of piperidine rings is 1. The molecule has 2 N–H and O–H groups in total. The quantitative estimate of drug-likeness (QED) is 0.868. The SMILES string of the molecule is C[C@@H](NC(=O)C[NH+]1CCCCC1)c1ccc(Br)cc1. The molecule has 1 saturated heterocycles. The van der Waals surface area contributed by atoms with Crippen molar-refractivity contribution >= 4 is 21.8 Å². The van der Waals surface area contributed by atoms with Crippen LogP contribution in [-0.4, -0.2) is 25.5 Å². The first-order valence-corrected chi connectivity index (χ1v) is 7.83. The van der Waals surface area contributed by atoms with Crippen molar-refractivity contribution in [2.45, 2.75) is 32.2 Å². The molecule has 1 aliphatic rings. The van der Waals surface area contributed by atoms with Crippen LogP contribution in [-0.2, 0) is 4.79 Å². The maximum Gasteiger partial charge on any atom is 0.275 e. The second kappa shape index (κ2) is 7.06. The van der Waals surface area contributed by atoms with Gasteiger partial charge >= 0.3 is 0 Å². The summed E-state index contributed by atoms with van der Waals surface area (Å²) in [6.07, 6.45) is 3.83. The Morgan fingerprint density at radius 1 is 1.26 bits per heavy atom. The molecule has 2 rings (SSSR count). The molecule has 0 bridgehead atoms. The average Bonchev–Trinajstić information content (AvgIpc) is 2.40. The molecule has 1 amide bonds. The van der Waals surface area contributed by atoms with E-state index in [0.29, 0.717) is 6.54 Å². The van der Waals surface area contributed by atoms with Gasteiger partial charge in [0.25, 0.3) is 5.91 Å². The summed E-state index contributed by atoms with van der Waals surface area (Å²) in [5.41, 5.74) is 1.14. The Balaban J connectivity index is 1.82. The second-order valence-corrected chi connectivity index (χ2v) is 6.24. The Kier molecular flexibility index (Phi) is 5.40. The maximum absolute atomic E-state index is 12.0. The topological polar surface area (TPSA) is 33.5 Å². The molecule has 104 valence electrons. The molecular formula is C15H22BrN2O+. The number of carbonyl (C=O) groups is 1. The van der Waals surface area contributed by atoms with Gasteiger partial charge in [0.15, 0.2) is 6.54 Å². The zero-order chi connectivity index (χ0) is 13.7. The highest BCUT2D eigenvalue weighted by molar-refractivity contribution is 9.10. The fourth-order valence-corrected chi connectivity index (χ4v) is 2.85. The van der Waals surface area contributed by atoms with Crippen LogP contribution in [0.4, 0.5) is 0 Å². The summed E-state index contributed by atoms with van der Waals surface area (Å²) < 4.78 is 1.06. The summed E-state index contributed by atoms with van der Waals surface area (Å²) in [5, 5.41) is 3.09. The normalized spacial score (nSPS) is 18.0. The smallest absolute Gasteiger partial charge is 0.275 e. The van der Waals surface area contributed by atoms with Crippen LogP contribution >= 0.6 is 15.9 Å². The Bertz CT molecular complexity index is 413. The van der Waals surface area contributed by atoms with Crippen molar-refractivity contribution in [1.82, 2.24) is 5.32 Å². The lowest BCUT2D eigenvalue weighted by Gasteiger charge is -2.23. The standard InChI is InChI=1S/C15H21BrN2O/c1-12(13-5-7-14(16)8-6-13)17-15(19)11-18-9-3-2-4-10-18/h5-8,12H,2-4,9-11H2,1H3,(H,17,19)/p+1/t12-/m1/s1. The Labute approximate surface area is 123 Å². The van der Waals surface area contributed by atoms with Crippen LogP contribution in [0.5, 0.6) is 0 Å². The molecule has 1 aromatic carbocycles. The first-order valence-electron chi connectivity index (χ1n) is 7.03. The number of nitrogens with one attached hydrogen (secondary N) is 2. The van der Waals surface area contributed by atoms with E-state index < -0.39 is 0 Å². The minimum atomic E-state index is 0.0739. The van der Waals surface area contributed by atoms with E-state index in [0.717, 1.165) is 23.1 Å². The van der Waals surface area contributed by atoms with Crippen LogP contribution in [0.3, 0.4) is 0 Å². The minimum absolute atomic E-state index is 0.0739. The van der Waals surface area contributed by atoms with Crippen molar-refractivity contribution in [1.29, 1.82) is 0 Å². The van der Waals surface area contributed by atoms with Gasteiger partial charge in [-0.1, -0.05) is 28.1 Å². The molecule has 1 aromatic rings. The van der Waals surface area contributed by atoms with Gasteiger partial charge in [-0.25, -0.2) is 0 Å². The predicted octanol–water partition coefficient (Wildman–Crippen LogP) is 1.70. The Morgan fingerprint density at radius 3 is 2.53 bits per heavy atom. The van der Waals surface area contributed by atoms with Gasteiger partial charge in [-0.15, -0.1) is 0 Å². The molecular weight excluding hydrogens is 304 g/mol. The third kappa shape index (κ3) is 4.62. The van der Waals surface area contributed by atoms with E-state index in [1.54, 1.807) is 0 Å². The molecule has 0 unspecified atom stereocenters. The lowest BCUT2D eigenvalue weighted by molar-refractivity contribution is -0.896. The molecule has 3 nitrogen and oxygen atoms in total. The summed E-state index contributed by atoms with van der Waals surface area (Å²) in [5.74, 6) is 0.160. The van der Waals surface area contributed by atoms with Crippen molar-refractivity contribution in [2.24, 2.45) is 0 Å².